The molecule has 1 heterocycles. The van der Waals surface area contributed by atoms with Crippen LogP contribution in [0.5, 0.6) is 0 Å². The Morgan fingerprint density at radius 3 is 2.63 bits per heavy atom. The number of hydrogen-bond donors (Lipinski definition) is 2. The van der Waals surface area contributed by atoms with Crippen molar-refractivity contribution < 1.29 is 0 Å². The van der Waals surface area contributed by atoms with Crippen LogP contribution in [0, 0.1) is 3.57 Å². The first-order chi connectivity index (χ1) is 9.25. The lowest BCUT2D eigenvalue weighted by Gasteiger charge is -2.11. The molecule has 0 bridgehead atoms. The van der Waals surface area contributed by atoms with Gasteiger partial charge in [0.1, 0.15) is 0 Å². The number of hydrogen-bond acceptors (Lipinski definition) is 3. The number of benzene rings is 2. The molecule has 0 radical (unpaired) electrons. The number of rotatable bonds is 2. The Bertz CT molecular complexity index is 740. The summed E-state index contributed by atoms with van der Waals surface area (Å²) in [5, 5.41) is 4.47. The van der Waals surface area contributed by atoms with Crippen LogP contribution in [0.25, 0.3) is 10.9 Å². The second kappa shape index (κ2) is 5.05. The van der Waals surface area contributed by atoms with Crippen molar-refractivity contribution in [1.29, 1.82) is 0 Å². The van der Waals surface area contributed by atoms with Crippen molar-refractivity contribution in [3.05, 3.63) is 58.3 Å². The summed E-state index contributed by atoms with van der Waals surface area (Å²) in [6.07, 6.45) is 1.77. The minimum Gasteiger partial charge on any atom is -0.397 e. The first-order valence-corrected chi connectivity index (χ1v) is 6.98. The van der Waals surface area contributed by atoms with Gasteiger partial charge in [0, 0.05) is 20.8 Å². The molecule has 0 saturated heterocycles. The predicted molar refractivity (Wildman–Crippen MR) is 88.6 cm³/mol. The number of nitrogens with two attached hydrogens (primary N) is 1. The number of anilines is 3. The number of nitrogens with zero attached hydrogens (tertiary/aromatic N) is 1. The van der Waals surface area contributed by atoms with Crippen LogP contribution >= 0.6 is 22.6 Å². The summed E-state index contributed by atoms with van der Waals surface area (Å²) in [5.74, 6) is 0. The maximum atomic E-state index is 5.96. The molecule has 2 aromatic carbocycles. The molecule has 0 aliphatic carbocycles. The van der Waals surface area contributed by atoms with E-state index in [0.29, 0.717) is 5.69 Å². The number of aromatic nitrogens is 1. The Balaban J connectivity index is 2.12. The molecule has 1 aromatic heterocycles. The molecule has 0 aliphatic rings. The van der Waals surface area contributed by atoms with Crippen molar-refractivity contribution in [3.63, 3.8) is 0 Å². The second-order valence-electron chi connectivity index (χ2n) is 4.21. The van der Waals surface area contributed by atoms with Crippen LogP contribution in [-0.4, -0.2) is 4.98 Å². The van der Waals surface area contributed by atoms with Crippen LogP contribution in [0.1, 0.15) is 0 Å². The third kappa shape index (κ3) is 2.35. The SMILES string of the molecule is Nc1cccc2c(Nc3ccccc3I)ccnc12. The Kier molecular flexibility index (Phi) is 3.25. The van der Waals surface area contributed by atoms with Gasteiger partial charge in [-0.2, -0.15) is 0 Å². The lowest BCUT2D eigenvalue weighted by molar-refractivity contribution is 1.40. The monoisotopic (exact) mass is 361 g/mol. The molecule has 4 heteroatoms. The van der Waals surface area contributed by atoms with Crippen LogP contribution in [0.4, 0.5) is 17.1 Å². The van der Waals surface area contributed by atoms with Crippen molar-refractivity contribution in [1.82, 2.24) is 4.98 Å². The van der Waals surface area contributed by atoms with Gasteiger partial charge in [0.25, 0.3) is 0 Å². The third-order valence-electron chi connectivity index (χ3n) is 2.95. The normalized spacial score (nSPS) is 10.6. The Labute approximate surface area is 125 Å². The smallest absolute Gasteiger partial charge is 0.0951 e. The van der Waals surface area contributed by atoms with Crippen molar-refractivity contribution in [2.45, 2.75) is 0 Å². The second-order valence-corrected chi connectivity index (χ2v) is 5.37. The fourth-order valence-electron chi connectivity index (χ4n) is 2.02. The topological polar surface area (TPSA) is 50.9 Å². The van der Waals surface area contributed by atoms with Gasteiger partial charge < -0.3 is 11.1 Å². The van der Waals surface area contributed by atoms with Gasteiger partial charge in [-0.1, -0.05) is 24.3 Å². The molecule has 3 rings (SSSR count). The molecular weight excluding hydrogens is 349 g/mol. The van der Waals surface area contributed by atoms with E-state index >= 15 is 0 Å². The first kappa shape index (κ1) is 12.2. The average molecular weight is 361 g/mol. The number of halogens is 1. The van der Waals surface area contributed by atoms with Gasteiger partial charge in [0.05, 0.1) is 16.9 Å². The van der Waals surface area contributed by atoms with Crippen molar-refractivity contribution in [2.75, 3.05) is 11.1 Å². The zero-order chi connectivity index (χ0) is 13.2. The summed E-state index contributed by atoms with van der Waals surface area (Å²) < 4.78 is 1.17. The molecule has 0 aliphatic heterocycles. The molecule has 94 valence electrons. The Morgan fingerprint density at radius 1 is 0.947 bits per heavy atom. The summed E-state index contributed by atoms with van der Waals surface area (Å²) in [6.45, 7) is 0. The fraction of sp³-hybridized carbons (Fsp3) is 0. The first-order valence-electron chi connectivity index (χ1n) is 5.90. The van der Waals surface area contributed by atoms with E-state index in [1.807, 2.05) is 36.4 Å². The van der Waals surface area contributed by atoms with Gasteiger partial charge in [-0.3, -0.25) is 4.98 Å². The number of pyridine rings is 1. The molecule has 0 fully saturated rings. The molecule has 3 N–H and O–H groups in total. The summed E-state index contributed by atoms with van der Waals surface area (Å²) in [5.41, 5.74) is 9.58. The van der Waals surface area contributed by atoms with E-state index in [2.05, 4.69) is 45.0 Å². The van der Waals surface area contributed by atoms with Gasteiger partial charge in [0.2, 0.25) is 0 Å². The lowest BCUT2D eigenvalue weighted by Crippen LogP contribution is -1.96. The van der Waals surface area contributed by atoms with E-state index in [-0.39, 0.29) is 0 Å². The summed E-state index contributed by atoms with van der Waals surface area (Å²) in [6, 6.07) is 16.0. The number of nitrogens with one attached hydrogen (secondary N) is 1. The highest BCUT2D eigenvalue weighted by Gasteiger charge is 2.05. The van der Waals surface area contributed by atoms with Gasteiger partial charge in [-0.05, 0) is 46.9 Å². The van der Waals surface area contributed by atoms with E-state index in [4.69, 9.17) is 5.73 Å². The van der Waals surface area contributed by atoms with Crippen LogP contribution in [0.15, 0.2) is 54.7 Å². The molecule has 0 atom stereocenters. The molecule has 0 saturated carbocycles. The molecular formula is C15H12IN3. The van der Waals surface area contributed by atoms with Gasteiger partial charge in [-0.25, -0.2) is 0 Å². The van der Waals surface area contributed by atoms with Crippen LogP contribution in [0.3, 0.4) is 0 Å². The quantitative estimate of drug-likeness (QED) is 0.532. The number of para-hydroxylation sites is 2. The Morgan fingerprint density at radius 2 is 1.79 bits per heavy atom. The molecule has 3 aromatic rings. The standard InChI is InChI=1S/C15H12IN3/c16-11-5-1-2-7-14(11)19-13-8-9-18-15-10(13)4-3-6-12(15)17/h1-9H,17H2,(H,18,19). The van der Waals surface area contributed by atoms with E-state index < -0.39 is 0 Å². The van der Waals surface area contributed by atoms with Gasteiger partial charge in [0.15, 0.2) is 0 Å². The molecule has 19 heavy (non-hydrogen) atoms. The zero-order valence-electron chi connectivity index (χ0n) is 10.1. The van der Waals surface area contributed by atoms with Crippen molar-refractivity contribution in [2.24, 2.45) is 0 Å². The van der Waals surface area contributed by atoms with Crippen molar-refractivity contribution in [3.8, 4) is 0 Å². The van der Waals surface area contributed by atoms with E-state index in [1.165, 1.54) is 3.57 Å². The Hall–Kier alpha value is -1.82. The number of fused-ring (bicyclic) bond motifs is 1. The summed E-state index contributed by atoms with van der Waals surface area (Å²) >= 11 is 2.31. The summed E-state index contributed by atoms with van der Waals surface area (Å²) in [4.78, 5) is 4.34. The highest BCUT2D eigenvalue weighted by Crippen LogP contribution is 2.29. The zero-order valence-corrected chi connectivity index (χ0v) is 12.3. The highest BCUT2D eigenvalue weighted by molar-refractivity contribution is 14.1. The molecule has 3 nitrogen and oxygen atoms in total. The van der Waals surface area contributed by atoms with Crippen LogP contribution in [-0.2, 0) is 0 Å². The maximum Gasteiger partial charge on any atom is 0.0951 e. The number of nitrogen functional groups attached to an aromatic ring is 1. The predicted octanol–water partition coefficient (Wildman–Crippen LogP) is 4.17. The minimum absolute atomic E-state index is 0.698. The lowest BCUT2D eigenvalue weighted by atomic mass is 10.1. The highest BCUT2D eigenvalue weighted by atomic mass is 127. The summed E-state index contributed by atoms with van der Waals surface area (Å²) in [7, 11) is 0. The van der Waals surface area contributed by atoms with Crippen LogP contribution in [0.2, 0.25) is 0 Å². The largest absolute Gasteiger partial charge is 0.397 e. The van der Waals surface area contributed by atoms with E-state index in [0.717, 1.165) is 22.3 Å². The average Bonchev–Trinajstić information content (AvgIpc) is 2.42. The van der Waals surface area contributed by atoms with Gasteiger partial charge in [-0.15, -0.1) is 0 Å². The fourth-order valence-corrected chi connectivity index (χ4v) is 2.54. The van der Waals surface area contributed by atoms with E-state index in [1.54, 1.807) is 6.20 Å². The molecule has 0 unspecified atom stereocenters. The maximum absolute atomic E-state index is 5.96. The van der Waals surface area contributed by atoms with Crippen molar-refractivity contribution >= 4 is 50.6 Å². The van der Waals surface area contributed by atoms with E-state index in [9.17, 15) is 0 Å². The van der Waals surface area contributed by atoms with Crippen LogP contribution < -0.4 is 11.1 Å². The van der Waals surface area contributed by atoms with Gasteiger partial charge >= 0.3 is 0 Å². The third-order valence-corrected chi connectivity index (χ3v) is 3.89. The molecule has 0 spiro atoms. The minimum atomic E-state index is 0.698. The molecule has 0 amide bonds.